The molecule has 0 atom stereocenters. The number of rotatable bonds is 4. The zero-order chi connectivity index (χ0) is 12.3. The van der Waals surface area contributed by atoms with Gasteiger partial charge >= 0.3 is 0 Å². The third-order valence-electron chi connectivity index (χ3n) is 2.34. The molecule has 90 valence electrons. The number of hydrogen-bond acceptors (Lipinski definition) is 4. The first-order valence-electron chi connectivity index (χ1n) is 5.10. The summed E-state index contributed by atoms with van der Waals surface area (Å²) in [5, 5.41) is 11.5. The van der Waals surface area contributed by atoms with Gasteiger partial charge in [0.2, 0.25) is 0 Å². The SMILES string of the molecule is NCCn1nnnc1Cc1c(F)cccc1Cl. The minimum absolute atomic E-state index is 0.249. The molecule has 0 aliphatic carbocycles. The van der Waals surface area contributed by atoms with E-state index in [1.165, 1.54) is 6.07 Å². The minimum Gasteiger partial charge on any atom is -0.329 e. The standard InChI is InChI=1S/C10H11ClFN5/c11-8-2-1-3-9(12)7(8)6-10-14-15-16-17(10)5-4-13/h1-3H,4-6,13H2. The zero-order valence-corrected chi connectivity index (χ0v) is 9.73. The van der Waals surface area contributed by atoms with Crippen molar-refractivity contribution in [2.75, 3.05) is 6.54 Å². The molecule has 2 rings (SSSR count). The van der Waals surface area contributed by atoms with Crippen molar-refractivity contribution in [3.05, 3.63) is 40.4 Å². The van der Waals surface area contributed by atoms with Gasteiger partial charge in [-0.05, 0) is 22.6 Å². The number of benzene rings is 1. The Kier molecular flexibility index (Phi) is 3.65. The zero-order valence-electron chi connectivity index (χ0n) is 8.98. The quantitative estimate of drug-likeness (QED) is 0.885. The minimum atomic E-state index is -0.361. The Morgan fingerprint density at radius 1 is 1.41 bits per heavy atom. The smallest absolute Gasteiger partial charge is 0.155 e. The second-order valence-corrected chi connectivity index (χ2v) is 3.89. The van der Waals surface area contributed by atoms with E-state index in [0.29, 0.717) is 29.5 Å². The molecular formula is C10H11ClFN5. The number of nitrogens with two attached hydrogens (primary N) is 1. The molecule has 2 N–H and O–H groups in total. The predicted octanol–water partition coefficient (Wildman–Crippen LogP) is 1.02. The van der Waals surface area contributed by atoms with E-state index in [1.807, 2.05) is 0 Å². The Labute approximate surface area is 102 Å². The van der Waals surface area contributed by atoms with E-state index in [-0.39, 0.29) is 12.2 Å². The van der Waals surface area contributed by atoms with E-state index >= 15 is 0 Å². The molecule has 0 aliphatic rings. The van der Waals surface area contributed by atoms with Gasteiger partial charge in [-0.3, -0.25) is 0 Å². The van der Waals surface area contributed by atoms with Gasteiger partial charge in [0.05, 0.1) is 6.54 Å². The van der Waals surface area contributed by atoms with E-state index in [4.69, 9.17) is 17.3 Å². The van der Waals surface area contributed by atoms with Gasteiger partial charge < -0.3 is 5.73 Å². The lowest BCUT2D eigenvalue weighted by Crippen LogP contribution is -2.14. The van der Waals surface area contributed by atoms with Gasteiger partial charge in [0.1, 0.15) is 5.82 Å². The Hall–Kier alpha value is -1.53. The molecule has 17 heavy (non-hydrogen) atoms. The number of tetrazole rings is 1. The number of halogens is 2. The molecule has 1 aromatic heterocycles. The summed E-state index contributed by atoms with van der Waals surface area (Å²) >= 11 is 5.93. The number of aromatic nitrogens is 4. The molecule has 0 fully saturated rings. The molecule has 5 nitrogen and oxygen atoms in total. The largest absolute Gasteiger partial charge is 0.329 e. The fraction of sp³-hybridized carbons (Fsp3) is 0.300. The summed E-state index contributed by atoms with van der Waals surface area (Å²) in [5.41, 5.74) is 5.82. The van der Waals surface area contributed by atoms with Crippen molar-refractivity contribution >= 4 is 11.6 Å². The Morgan fingerprint density at radius 3 is 2.94 bits per heavy atom. The molecule has 0 unspecified atom stereocenters. The second kappa shape index (κ2) is 5.20. The molecule has 1 aromatic carbocycles. The number of nitrogens with zero attached hydrogens (tertiary/aromatic N) is 4. The van der Waals surface area contributed by atoms with Crippen LogP contribution in [0, 0.1) is 5.82 Å². The molecule has 1 heterocycles. The molecular weight excluding hydrogens is 245 g/mol. The first-order chi connectivity index (χ1) is 8.22. The third kappa shape index (κ3) is 2.59. The van der Waals surface area contributed by atoms with Crippen LogP contribution in [-0.4, -0.2) is 26.8 Å². The molecule has 0 saturated carbocycles. The maximum atomic E-state index is 13.6. The highest BCUT2D eigenvalue weighted by Gasteiger charge is 2.12. The third-order valence-corrected chi connectivity index (χ3v) is 2.70. The second-order valence-electron chi connectivity index (χ2n) is 3.48. The van der Waals surface area contributed by atoms with Gasteiger partial charge in [-0.1, -0.05) is 17.7 Å². The van der Waals surface area contributed by atoms with Crippen LogP contribution >= 0.6 is 11.6 Å². The molecule has 0 spiro atoms. The van der Waals surface area contributed by atoms with Crippen molar-refractivity contribution in [2.45, 2.75) is 13.0 Å². The first kappa shape index (κ1) is 11.9. The van der Waals surface area contributed by atoms with Crippen molar-refractivity contribution < 1.29 is 4.39 Å². The summed E-state index contributed by atoms with van der Waals surface area (Å²) in [4.78, 5) is 0. The van der Waals surface area contributed by atoms with Crippen LogP contribution in [0.5, 0.6) is 0 Å². The summed E-state index contributed by atoms with van der Waals surface area (Å²) in [7, 11) is 0. The van der Waals surface area contributed by atoms with Crippen LogP contribution in [0.25, 0.3) is 0 Å². The van der Waals surface area contributed by atoms with Crippen LogP contribution < -0.4 is 5.73 Å². The van der Waals surface area contributed by atoms with Gasteiger partial charge in [-0.2, -0.15) is 0 Å². The fourth-order valence-corrected chi connectivity index (χ4v) is 1.73. The Bertz CT molecular complexity index is 493. The molecule has 0 saturated heterocycles. The lowest BCUT2D eigenvalue weighted by Gasteiger charge is -2.05. The van der Waals surface area contributed by atoms with Crippen LogP contribution in [0.2, 0.25) is 5.02 Å². The van der Waals surface area contributed by atoms with Gasteiger partial charge in [0, 0.05) is 23.6 Å². The van der Waals surface area contributed by atoms with Gasteiger partial charge in [0.25, 0.3) is 0 Å². The Morgan fingerprint density at radius 2 is 2.24 bits per heavy atom. The van der Waals surface area contributed by atoms with Crippen LogP contribution in [0.15, 0.2) is 18.2 Å². The molecule has 0 amide bonds. The summed E-state index contributed by atoms with van der Waals surface area (Å²) in [6.07, 6.45) is 0.249. The molecule has 2 aromatic rings. The van der Waals surface area contributed by atoms with E-state index < -0.39 is 0 Å². The van der Waals surface area contributed by atoms with Crippen molar-refractivity contribution in [3.63, 3.8) is 0 Å². The van der Waals surface area contributed by atoms with Gasteiger partial charge in [-0.25, -0.2) is 9.07 Å². The lowest BCUT2D eigenvalue weighted by molar-refractivity contribution is 0.570. The van der Waals surface area contributed by atoms with E-state index in [1.54, 1.807) is 16.8 Å². The lowest BCUT2D eigenvalue weighted by atomic mass is 10.1. The van der Waals surface area contributed by atoms with Crippen molar-refractivity contribution in [1.82, 2.24) is 20.2 Å². The van der Waals surface area contributed by atoms with Crippen LogP contribution in [0.4, 0.5) is 4.39 Å². The molecule has 7 heteroatoms. The van der Waals surface area contributed by atoms with Crippen molar-refractivity contribution in [1.29, 1.82) is 0 Å². The summed E-state index contributed by atoms with van der Waals surface area (Å²) in [5.74, 6) is 0.183. The normalized spacial score (nSPS) is 10.8. The highest BCUT2D eigenvalue weighted by Crippen LogP contribution is 2.21. The molecule has 0 radical (unpaired) electrons. The maximum Gasteiger partial charge on any atom is 0.155 e. The Balaban J connectivity index is 2.28. The van der Waals surface area contributed by atoms with Crippen LogP contribution in [0.3, 0.4) is 0 Å². The topological polar surface area (TPSA) is 69.6 Å². The summed E-state index contributed by atoms with van der Waals surface area (Å²) in [6, 6.07) is 4.55. The van der Waals surface area contributed by atoms with Gasteiger partial charge in [-0.15, -0.1) is 5.10 Å². The average molecular weight is 256 g/mol. The van der Waals surface area contributed by atoms with E-state index in [9.17, 15) is 4.39 Å². The van der Waals surface area contributed by atoms with Crippen molar-refractivity contribution in [3.8, 4) is 0 Å². The van der Waals surface area contributed by atoms with Crippen molar-refractivity contribution in [2.24, 2.45) is 5.73 Å². The predicted molar refractivity (Wildman–Crippen MR) is 61.1 cm³/mol. The highest BCUT2D eigenvalue weighted by atomic mass is 35.5. The van der Waals surface area contributed by atoms with E-state index in [0.717, 1.165) is 0 Å². The summed E-state index contributed by atoms with van der Waals surface area (Å²) < 4.78 is 15.1. The van der Waals surface area contributed by atoms with E-state index in [2.05, 4.69) is 15.5 Å². The monoisotopic (exact) mass is 255 g/mol. The highest BCUT2D eigenvalue weighted by molar-refractivity contribution is 6.31. The summed E-state index contributed by atoms with van der Waals surface area (Å²) in [6.45, 7) is 0.914. The molecule has 0 bridgehead atoms. The fourth-order valence-electron chi connectivity index (χ4n) is 1.51. The van der Waals surface area contributed by atoms with Crippen LogP contribution in [-0.2, 0) is 13.0 Å². The number of hydrogen-bond donors (Lipinski definition) is 1. The first-order valence-corrected chi connectivity index (χ1v) is 5.48. The average Bonchev–Trinajstić information content (AvgIpc) is 2.72. The van der Waals surface area contributed by atoms with Gasteiger partial charge in [0.15, 0.2) is 5.82 Å². The van der Waals surface area contributed by atoms with Crippen LogP contribution in [0.1, 0.15) is 11.4 Å². The maximum absolute atomic E-state index is 13.6. The molecule has 0 aliphatic heterocycles.